The van der Waals surface area contributed by atoms with Gasteiger partial charge in [-0.05, 0) is 30.5 Å². The summed E-state index contributed by atoms with van der Waals surface area (Å²) in [6.07, 6.45) is 2.04. The van der Waals surface area contributed by atoms with E-state index in [9.17, 15) is 0 Å². The van der Waals surface area contributed by atoms with Crippen LogP contribution in [0.3, 0.4) is 0 Å². The topological polar surface area (TPSA) is 49.9 Å². The Morgan fingerprint density at radius 3 is 2.57 bits per heavy atom. The number of benzene rings is 1. The molecule has 0 aliphatic heterocycles. The lowest BCUT2D eigenvalue weighted by Crippen LogP contribution is -2.04. The van der Waals surface area contributed by atoms with Crippen molar-refractivity contribution in [3.63, 3.8) is 0 Å². The fraction of sp³-hybridized carbons (Fsp3) is 0.300. The highest BCUT2D eigenvalue weighted by molar-refractivity contribution is 8.13. The van der Waals surface area contributed by atoms with E-state index >= 15 is 0 Å². The fourth-order valence-electron chi connectivity index (χ4n) is 1.11. The van der Waals surface area contributed by atoms with Gasteiger partial charge in [0, 0.05) is 10.8 Å². The zero-order chi connectivity index (χ0) is 10.4. The average molecular weight is 229 g/mol. The standard InChI is InChI=1S/C10H13ClN2S/c11-9-5-3-8(4-6-9)2-1-7-14-10(12)13/h3-6H,1-2,7H2,(H3,12,13). The molecule has 0 amide bonds. The van der Waals surface area contributed by atoms with Gasteiger partial charge in [0.2, 0.25) is 0 Å². The van der Waals surface area contributed by atoms with E-state index in [2.05, 4.69) is 0 Å². The van der Waals surface area contributed by atoms with Gasteiger partial charge in [-0.3, -0.25) is 5.41 Å². The van der Waals surface area contributed by atoms with Crippen molar-refractivity contribution in [2.24, 2.45) is 5.73 Å². The minimum Gasteiger partial charge on any atom is -0.379 e. The molecule has 1 aromatic carbocycles. The molecule has 0 spiro atoms. The molecule has 0 heterocycles. The van der Waals surface area contributed by atoms with E-state index in [0.717, 1.165) is 23.6 Å². The van der Waals surface area contributed by atoms with Gasteiger partial charge in [-0.25, -0.2) is 0 Å². The minimum atomic E-state index is 0.195. The van der Waals surface area contributed by atoms with E-state index in [-0.39, 0.29) is 5.17 Å². The Morgan fingerprint density at radius 1 is 1.36 bits per heavy atom. The average Bonchev–Trinajstić information content (AvgIpc) is 2.15. The first-order valence-electron chi connectivity index (χ1n) is 4.40. The van der Waals surface area contributed by atoms with Gasteiger partial charge in [-0.15, -0.1) is 0 Å². The molecule has 0 aliphatic carbocycles. The Balaban J connectivity index is 2.25. The zero-order valence-electron chi connectivity index (χ0n) is 7.79. The van der Waals surface area contributed by atoms with Gasteiger partial charge in [0.25, 0.3) is 0 Å². The van der Waals surface area contributed by atoms with Crippen molar-refractivity contribution in [1.29, 1.82) is 5.41 Å². The number of hydrogen-bond acceptors (Lipinski definition) is 2. The van der Waals surface area contributed by atoms with Gasteiger partial charge < -0.3 is 5.73 Å². The SMILES string of the molecule is N=C(N)SCCCc1ccc(Cl)cc1. The highest BCUT2D eigenvalue weighted by Gasteiger charge is 1.95. The van der Waals surface area contributed by atoms with Crippen LogP contribution >= 0.6 is 23.4 Å². The monoisotopic (exact) mass is 228 g/mol. The lowest BCUT2D eigenvalue weighted by molar-refractivity contribution is 0.935. The van der Waals surface area contributed by atoms with Crippen LogP contribution < -0.4 is 5.73 Å². The van der Waals surface area contributed by atoms with Gasteiger partial charge in [-0.1, -0.05) is 35.5 Å². The third-order valence-corrected chi connectivity index (χ3v) is 2.84. The molecular weight excluding hydrogens is 216 g/mol. The number of hydrogen-bond donors (Lipinski definition) is 2. The summed E-state index contributed by atoms with van der Waals surface area (Å²) in [6, 6.07) is 7.85. The van der Waals surface area contributed by atoms with Crippen LogP contribution in [0, 0.1) is 5.41 Å². The van der Waals surface area contributed by atoms with Crippen LogP contribution in [-0.4, -0.2) is 10.9 Å². The van der Waals surface area contributed by atoms with Crippen molar-refractivity contribution in [2.45, 2.75) is 12.8 Å². The number of amidine groups is 1. The predicted molar refractivity (Wildman–Crippen MR) is 64.1 cm³/mol. The molecule has 0 aromatic heterocycles. The molecule has 14 heavy (non-hydrogen) atoms. The molecule has 0 bridgehead atoms. The van der Waals surface area contributed by atoms with E-state index < -0.39 is 0 Å². The maximum atomic E-state index is 7.03. The van der Waals surface area contributed by atoms with Gasteiger partial charge >= 0.3 is 0 Å². The summed E-state index contributed by atoms with van der Waals surface area (Å²) in [5.41, 5.74) is 6.50. The predicted octanol–water partition coefficient (Wildman–Crippen LogP) is 2.90. The largest absolute Gasteiger partial charge is 0.379 e. The van der Waals surface area contributed by atoms with E-state index in [1.807, 2.05) is 24.3 Å². The second-order valence-corrected chi connectivity index (χ2v) is 4.52. The third-order valence-electron chi connectivity index (χ3n) is 1.78. The first kappa shape index (κ1) is 11.4. The lowest BCUT2D eigenvalue weighted by Gasteiger charge is -2.00. The molecule has 1 rings (SSSR count). The highest BCUT2D eigenvalue weighted by atomic mass is 35.5. The third kappa shape index (κ3) is 4.53. The van der Waals surface area contributed by atoms with Crippen molar-refractivity contribution in [1.82, 2.24) is 0 Å². The van der Waals surface area contributed by atoms with E-state index in [0.29, 0.717) is 0 Å². The molecular formula is C10H13ClN2S. The number of halogens is 1. The van der Waals surface area contributed by atoms with Crippen molar-refractivity contribution in [2.75, 3.05) is 5.75 Å². The van der Waals surface area contributed by atoms with E-state index in [1.165, 1.54) is 17.3 Å². The lowest BCUT2D eigenvalue weighted by atomic mass is 10.1. The van der Waals surface area contributed by atoms with Crippen molar-refractivity contribution in [3.8, 4) is 0 Å². The zero-order valence-corrected chi connectivity index (χ0v) is 9.37. The molecule has 0 fully saturated rings. The Labute approximate surface area is 93.3 Å². The number of aryl methyl sites for hydroxylation is 1. The molecule has 0 saturated carbocycles. The van der Waals surface area contributed by atoms with Gasteiger partial charge in [0.15, 0.2) is 5.17 Å². The number of thioether (sulfide) groups is 1. The van der Waals surface area contributed by atoms with Crippen LogP contribution in [0.15, 0.2) is 24.3 Å². The maximum Gasteiger partial charge on any atom is 0.151 e. The summed E-state index contributed by atoms with van der Waals surface area (Å²) in [5, 5.41) is 7.99. The Hall–Kier alpha value is -0.670. The van der Waals surface area contributed by atoms with Crippen LogP contribution in [-0.2, 0) is 6.42 Å². The van der Waals surface area contributed by atoms with E-state index in [4.69, 9.17) is 22.7 Å². The summed E-state index contributed by atoms with van der Waals surface area (Å²) in [5.74, 6) is 0.901. The molecule has 4 heteroatoms. The van der Waals surface area contributed by atoms with Gasteiger partial charge in [0.05, 0.1) is 0 Å². The quantitative estimate of drug-likeness (QED) is 0.473. The summed E-state index contributed by atoms with van der Waals surface area (Å²) in [7, 11) is 0. The van der Waals surface area contributed by atoms with E-state index in [1.54, 1.807) is 0 Å². The highest BCUT2D eigenvalue weighted by Crippen LogP contribution is 2.12. The number of nitrogens with two attached hydrogens (primary N) is 1. The molecule has 76 valence electrons. The Morgan fingerprint density at radius 2 is 2.00 bits per heavy atom. The Bertz CT molecular complexity index is 297. The van der Waals surface area contributed by atoms with Gasteiger partial charge in [-0.2, -0.15) is 0 Å². The molecule has 0 saturated heterocycles. The summed E-state index contributed by atoms with van der Waals surface area (Å²) >= 11 is 7.15. The summed E-state index contributed by atoms with van der Waals surface area (Å²) in [4.78, 5) is 0. The number of nitrogens with one attached hydrogen (secondary N) is 1. The van der Waals surface area contributed by atoms with Crippen LogP contribution in [0.2, 0.25) is 5.02 Å². The molecule has 0 atom stereocenters. The molecule has 3 N–H and O–H groups in total. The smallest absolute Gasteiger partial charge is 0.151 e. The summed E-state index contributed by atoms with van der Waals surface area (Å²) in [6.45, 7) is 0. The van der Waals surface area contributed by atoms with Crippen molar-refractivity contribution in [3.05, 3.63) is 34.9 Å². The molecule has 2 nitrogen and oxygen atoms in total. The second kappa shape index (κ2) is 5.94. The molecule has 0 aliphatic rings. The second-order valence-electron chi connectivity index (χ2n) is 2.94. The molecule has 0 radical (unpaired) electrons. The summed E-state index contributed by atoms with van der Waals surface area (Å²) < 4.78 is 0. The van der Waals surface area contributed by atoms with Crippen LogP contribution in [0.4, 0.5) is 0 Å². The normalized spacial score (nSPS) is 10.1. The van der Waals surface area contributed by atoms with Crippen LogP contribution in [0.1, 0.15) is 12.0 Å². The van der Waals surface area contributed by atoms with Crippen molar-refractivity contribution < 1.29 is 0 Å². The van der Waals surface area contributed by atoms with Crippen LogP contribution in [0.25, 0.3) is 0 Å². The van der Waals surface area contributed by atoms with Crippen LogP contribution in [0.5, 0.6) is 0 Å². The maximum absolute atomic E-state index is 7.03. The van der Waals surface area contributed by atoms with Crippen molar-refractivity contribution >= 4 is 28.5 Å². The first-order chi connectivity index (χ1) is 6.68. The molecule has 1 aromatic rings. The fourth-order valence-corrected chi connectivity index (χ4v) is 1.74. The molecule has 0 unspecified atom stereocenters. The first-order valence-corrected chi connectivity index (χ1v) is 5.76. The Kier molecular flexibility index (Phi) is 4.84. The van der Waals surface area contributed by atoms with Gasteiger partial charge in [0.1, 0.15) is 0 Å². The number of rotatable bonds is 4. The minimum absolute atomic E-state index is 0.195.